The van der Waals surface area contributed by atoms with Crippen molar-refractivity contribution in [2.45, 2.75) is 25.3 Å². The molecule has 1 aliphatic heterocycles. The molecule has 0 saturated carbocycles. The predicted octanol–water partition coefficient (Wildman–Crippen LogP) is 4.19. The fourth-order valence-electron chi connectivity index (χ4n) is 4.87. The lowest BCUT2D eigenvalue weighted by atomic mass is 10.1. The zero-order valence-electron chi connectivity index (χ0n) is 25.6. The first kappa shape index (κ1) is 32.8. The second kappa shape index (κ2) is 14.3. The van der Waals surface area contributed by atoms with Gasteiger partial charge in [-0.3, -0.25) is 19.2 Å². The van der Waals surface area contributed by atoms with E-state index in [1.807, 2.05) is 30.3 Å². The molecule has 1 aliphatic rings. The van der Waals surface area contributed by atoms with Crippen molar-refractivity contribution < 1.29 is 42.3 Å². The van der Waals surface area contributed by atoms with Crippen molar-refractivity contribution in [2.75, 3.05) is 0 Å². The molecule has 0 radical (unpaired) electrons. The average molecular weight is 682 g/mol. The molecule has 0 spiro atoms. The Balaban J connectivity index is 1.32. The van der Waals surface area contributed by atoms with Crippen molar-refractivity contribution in [3.8, 4) is 5.75 Å². The molecule has 15 heteroatoms. The van der Waals surface area contributed by atoms with Gasteiger partial charge in [-0.2, -0.15) is 5.09 Å². The molecule has 14 nitrogen and oxygen atoms in total. The van der Waals surface area contributed by atoms with Crippen LogP contribution in [0, 0.1) is 0 Å². The molecular weight excluding hydrogens is 653 g/mol. The van der Waals surface area contributed by atoms with Crippen molar-refractivity contribution in [2.24, 2.45) is 5.73 Å². The number of nitrogens with two attached hydrogens (primary N) is 1. The lowest BCUT2D eigenvalue weighted by Gasteiger charge is -2.24. The maximum atomic E-state index is 14.6. The van der Waals surface area contributed by atoms with Gasteiger partial charge in [0.2, 0.25) is 11.6 Å². The molecule has 5 aromatic rings. The zero-order chi connectivity index (χ0) is 34.4. The Hall–Kier alpha value is -6.11. The number of rotatable bonds is 13. The number of ether oxygens (including phenoxy) is 2. The number of nitrogens with zero attached hydrogens (tertiary/aromatic N) is 3. The van der Waals surface area contributed by atoms with E-state index in [9.17, 15) is 23.7 Å². The number of carbonyl (C=O) groups is 4. The molecule has 3 N–H and O–H groups in total. The first-order valence-electron chi connectivity index (χ1n) is 14.8. The molecule has 1 aromatic heterocycles. The Morgan fingerprint density at radius 2 is 1.61 bits per heavy atom. The van der Waals surface area contributed by atoms with Gasteiger partial charge in [0.15, 0.2) is 0 Å². The molecular formula is C34H28N5O9P. The monoisotopic (exact) mass is 681 g/mol. The van der Waals surface area contributed by atoms with Crippen molar-refractivity contribution in [1.82, 2.24) is 19.9 Å². The molecule has 6 rings (SSSR count). The summed E-state index contributed by atoms with van der Waals surface area (Å²) < 4.78 is 38.2. The minimum atomic E-state index is -4.65. The van der Waals surface area contributed by atoms with Crippen LogP contribution in [0.1, 0.15) is 28.0 Å². The van der Waals surface area contributed by atoms with Gasteiger partial charge in [-0.25, -0.2) is 14.2 Å². The highest BCUT2D eigenvalue weighted by molar-refractivity contribution is 7.52. The van der Waals surface area contributed by atoms with Crippen molar-refractivity contribution in [3.05, 3.63) is 138 Å². The number of Topliss-reactive ketones (excluding diaryl/α,β-unsaturated/α-hetero) is 2. The molecule has 0 bridgehead atoms. The molecule has 1 unspecified atom stereocenters. The van der Waals surface area contributed by atoms with Gasteiger partial charge < -0.3 is 24.3 Å². The molecule has 248 valence electrons. The molecule has 0 aliphatic carbocycles. The summed E-state index contributed by atoms with van der Waals surface area (Å²) in [6.45, 7) is -0.0579. The van der Waals surface area contributed by atoms with Crippen molar-refractivity contribution >= 4 is 42.0 Å². The Kier molecular flexibility index (Phi) is 9.60. The van der Waals surface area contributed by atoms with Crippen molar-refractivity contribution in [3.63, 3.8) is 0 Å². The average Bonchev–Trinajstić information content (AvgIpc) is 3.72. The van der Waals surface area contributed by atoms with E-state index in [2.05, 4.69) is 15.2 Å². The Bertz CT molecular complexity index is 2100. The quantitative estimate of drug-likeness (QED) is 0.0593. The van der Waals surface area contributed by atoms with Crippen LogP contribution < -0.4 is 15.3 Å². The van der Waals surface area contributed by atoms with E-state index in [1.54, 1.807) is 72.8 Å². The highest BCUT2D eigenvalue weighted by Gasteiger charge is 2.43. The van der Waals surface area contributed by atoms with Gasteiger partial charge in [-0.1, -0.05) is 97.1 Å². The smallest absolute Gasteiger partial charge is 0.460 e. The number of fused-ring (bicyclic) bond motifs is 1. The molecule has 1 fully saturated rings. The SMILES string of the molecule is NC(=O)c1ncn([C@@H]2O/C(=C/OP(=O)(N[C@@H](Cc3ccccc3)C(=O)OCc3ccccc3)Oc3cccc4ccccc34)C(=O)C2=O)n1. The number of primary amides is 1. The lowest BCUT2D eigenvalue weighted by Crippen LogP contribution is -2.39. The number of benzene rings is 4. The van der Waals surface area contributed by atoms with Gasteiger partial charge in [0.25, 0.3) is 23.7 Å². The van der Waals surface area contributed by atoms with Crippen LogP contribution in [0.25, 0.3) is 10.8 Å². The zero-order valence-corrected chi connectivity index (χ0v) is 26.5. The fourth-order valence-corrected chi connectivity index (χ4v) is 6.26. The summed E-state index contributed by atoms with van der Waals surface area (Å²) in [5.41, 5.74) is 6.62. The van der Waals surface area contributed by atoms with Gasteiger partial charge in [0.05, 0.1) is 0 Å². The van der Waals surface area contributed by atoms with Crippen LogP contribution in [0.5, 0.6) is 5.75 Å². The Morgan fingerprint density at radius 1 is 0.939 bits per heavy atom. The minimum absolute atomic E-state index is 0.0156. The van der Waals surface area contributed by atoms with Crippen LogP contribution in [0.4, 0.5) is 0 Å². The summed E-state index contributed by atoms with van der Waals surface area (Å²) in [5, 5.41) is 7.80. The molecule has 3 atom stereocenters. The van der Waals surface area contributed by atoms with Crippen LogP contribution in [0.2, 0.25) is 0 Å². The fraction of sp³-hybridized carbons (Fsp3) is 0.118. The number of hydrogen-bond donors (Lipinski definition) is 2. The summed E-state index contributed by atoms with van der Waals surface area (Å²) in [4.78, 5) is 54.3. The van der Waals surface area contributed by atoms with Gasteiger partial charge in [-0.15, -0.1) is 5.10 Å². The number of amides is 1. The van der Waals surface area contributed by atoms with E-state index in [0.717, 1.165) is 22.0 Å². The van der Waals surface area contributed by atoms with Crippen LogP contribution in [0.3, 0.4) is 0 Å². The van der Waals surface area contributed by atoms with Crippen LogP contribution in [-0.4, -0.2) is 44.2 Å². The molecule has 2 heterocycles. The van der Waals surface area contributed by atoms with Crippen LogP contribution in [0.15, 0.2) is 121 Å². The number of hydrogen-bond acceptors (Lipinski definition) is 11. The first-order chi connectivity index (χ1) is 23.7. The molecule has 1 saturated heterocycles. The Morgan fingerprint density at radius 3 is 2.33 bits per heavy atom. The molecule has 4 aromatic carbocycles. The molecule has 1 amide bonds. The highest BCUT2D eigenvalue weighted by atomic mass is 31.2. The third kappa shape index (κ3) is 7.73. The standard InChI is InChI=1S/C34H28N5O9P/c35-31(42)32-36-21-39(37-32)33-30(41)29(40)28(47-33)20-46-49(44,48-27-17-9-15-24-14-7-8-16-25(24)27)38-26(18-22-10-3-1-4-11-22)34(43)45-19-23-12-5-2-6-13-23/h1-17,20-21,26,33H,18-19H2,(H2,35,42)(H,38,44)/b28-20+/t26-,33+,49?/m0/s1. The van der Waals surface area contributed by atoms with E-state index in [4.69, 9.17) is 24.3 Å². The number of carbonyl (C=O) groups excluding carboxylic acids is 4. The third-order valence-corrected chi connectivity index (χ3v) is 8.70. The van der Waals surface area contributed by atoms with Crippen molar-refractivity contribution in [1.29, 1.82) is 0 Å². The van der Waals surface area contributed by atoms with E-state index >= 15 is 0 Å². The summed E-state index contributed by atoms with van der Waals surface area (Å²) in [6.07, 6.45) is 0.0420. The maximum absolute atomic E-state index is 14.6. The third-order valence-electron chi connectivity index (χ3n) is 7.25. The van der Waals surface area contributed by atoms with E-state index in [1.165, 1.54) is 0 Å². The summed E-state index contributed by atoms with van der Waals surface area (Å²) >= 11 is 0. The van der Waals surface area contributed by atoms with Gasteiger partial charge in [-0.05, 0) is 29.0 Å². The lowest BCUT2D eigenvalue weighted by molar-refractivity contribution is -0.147. The maximum Gasteiger partial charge on any atom is 0.513 e. The second-order valence-corrected chi connectivity index (χ2v) is 12.3. The van der Waals surface area contributed by atoms with Crippen LogP contribution in [-0.2, 0) is 46.0 Å². The number of allylic oxidation sites excluding steroid dienone is 1. The van der Waals surface area contributed by atoms with Crippen LogP contribution >= 0.6 is 7.75 Å². The first-order valence-corrected chi connectivity index (χ1v) is 16.4. The Labute approximate surface area is 279 Å². The molecule has 49 heavy (non-hydrogen) atoms. The summed E-state index contributed by atoms with van der Waals surface area (Å²) in [7, 11) is -4.65. The number of esters is 1. The minimum Gasteiger partial charge on any atom is -0.460 e. The summed E-state index contributed by atoms with van der Waals surface area (Å²) in [5.74, 6) is -4.83. The largest absolute Gasteiger partial charge is 0.513 e. The number of nitrogens with one attached hydrogen (secondary N) is 1. The van der Waals surface area contributed by atoms with E-state index in [-0.39, 0.29) is 18.8 Å². The number of aromatic nitrogens is 3. The number of ketones is 2. The van der Waals surface area contributed by atoms with E-state index < -0.39 is 55.0 Å². The van der Waals surface area contributed by atoms with Gasteiger partial charge in [0, 0.05) is 5.39 Å². The topological polar surface area (TPSA) is 191 Å². The normalized spacial score (nSPS) is 16.9. The van der Waals surface area contributed by atoms with Gasteiger partial charge in [0.1, 0.15) is 31.0 Å². The van der Waals surface area contributed by atoms with Gasteiger partial charge >= 0.3 is 13.7 Å². The van der Waals surface area contributed by atoms with E-state index in [0.29, 0.717) is 17.2 Å². The second-order valence-electron chi connectivity index (χ2n) is 10.7. The predicted molar refractivity (Wildman–Crippen MR) is 173 cm³/mol. The summed E-state index contributed by atoms with van der Waals surface area (Å²) in [6, 6.07) is 28.9. The highest BCUT2D eigenvalue weighted by Crippen LogP contribution is 2.48.